The molecule has 21 heavy (non-hydrogen) atoms. The Labute approximate surface area is 125 Å². The van der Waals surface area contributed by atoms with Crippen molar-refractivity contribution in [1.29, 1.82) is 0 Å². The van der Waals surface area contributed by atoms with Crippen molar-refractivity contribution in [2.75, 3.05) is 18.1 Å². The minimum absolute atomic E-state index is 0.0181. The number of hydrogen-bond acceptors (Lipinski definition) is 4. The molecule has 3 N–H and O–H groups in total. The number of nitrogens with one attached hydrogen (secondary N) is 1. The summed E-state index contributed by atoms with van der Waals surface area (Å²) in [4.78, 5) is 11.2. The van der Waals surface area contributed by atoms with E-state index in [1.54, 1.807) is 0 Å². The summed E-state index contributed by atoms with van der Waals surface area (Å²) in [5.74, 6) is -0.0843. The van der Waals surface area contributed by atoms with Crippen LogP contribution in [0.4, 0.5) is 0 Å². The maximum atomic E-state index is 12.2. The van der Waals surface area contributed by atoms with Crippen LogP contribution >= 0.6 is 0 Å². The molecule has 0 saturated carbocycles. The summed E-state index contributed by atoms with van der Waals surface area (Å²) in [6, 6.07) is 9.20. The summed E-state index contributed by atoms with van der Waals surface area (Å²) in [6.45, 7) is 0.645. The van der Waals surface area contributed by atoms with Crippen molar-refractivity contribution < 1.29 is 13.2 Å². The van der Waals surface area contributed by atoms with E-state index in [1.165, 1.54) is 0 Å². The van der Waals surface area contributed by atoms with Gasteiger partial charge in [-0.05, 0) is 37.3 Å². The summed E-state index contributed by atoms with van der Waals surface area (Å²) in [5.41, 5.74) is 6.31. The van der Waals surface area contributed by atoms with Gasteiger partial charge in [-0.25, -0.2) is 8.42 Å². The smallest absolute Gasteiger partial charge is 0.234 e. The first-order valence-corrected chi connectivity index (χ1v) is 9.05. The number of benzene rings is 1. The fraction of sp³-hybridized carbons (Fsp3) is 0.533. The zero-order chi connectivity index (χ0) is 15.3. The SMILES string of the molecule is NC(=O)C1CC(CS(=O)(=O)CCc2ccccc2)CCN1. The Morgan fingerprint density at radius 2 is 2.00 bits per heavy atom. The molecule has 1 heterocycles. The maximum Gasteiger partial charge on any atom is 0.234 e. The normalized spacial score (nSPS) is 22.9. The minimum atomic E-state index is -3.11. The molecule has 2 atom stereocenters. The van der Waals surface area contributed by atoms with E-state index < -0.39 is 21.8 Å². The van der Waals surface area contributed by atoms with Gasteiger partial charge in [-0.3, -0.25) is 4.79 Å². The third-order valence-electron chi connectivity index (χ3n) is 3.89. The van der Waals surface area contributed by atoms with E-state index in [4.69, 9.17) is 5.73 Å². The molecule has 1 aliphatic heterocycles. The van der Waals surface area contributed by atoms with Gasteiger partial charge in [-0.1, -0.05) is 30.3 Å². The van der Waals surface area contributed by atoms with Crippen molar-refractivity contribution in [1.82, 2.24) is 5.32 Å². The highest BCUT2D eigenvalue weighted by Gasteiger charge is 2.28. The molecule has 2 rings (SSSR count). The summed E-state index contributed by atoms with van der Waals surface area (Å²) in [5, 5.41) is 3.02. The zero-order valence-electron chi connectivity index (χ0n) is 12.0. The number of sulfone groups is 1. The number of amides is 1. The first-order chi connectivity index (χ1) is 9.96. The molecule has 0 bridgehead atoms. The predicted octanol–water partition coefficient (Wildman–Crippen LogP) is 0.497. The highest BCUT2D eigenvalue weighted by Crippen LogP contribution is 2.19. The van der Waals surface area contributed by atoms with Crippen LogP contribution in [0.5, 0.6) is 0 Å². The lowest BCUT2D eigenvalue weighted by Crippen LogP contribution is -2.47. The van der Waals surface area contributed by atoms with Crippen LogP contribution in [-0.4, -0.2) is 38.4 Å². The molecule has 0 radical (unpaired) electrons. The van der Waals surface area contributed by atoms with Gasteiger partial charge in [0.2, 0.25) is 5.91 Å². The second-order valence-electron chi connectivity index (χ2n) is 5.65. The molecular formula is C15H22N2O3S. The van der Waals surface area contributed by atoms with Gasteiger partial charge in [-0.15, -0.1) is 0 Å². The van der Waals surface area contributed by atoms with Gasteiger partial charge in [0, 0.05) is 0 Å². The summed E-state index contributed by atoms with van der Waals surface area (Å²) in [7, 11) is -3.11. The van der Waals surface area contributed by atoms with Gasteiger partial charge < -0.3 is 11.1 Å². The molecule has 1 aromatic rings. The Morgan fingerprint density at radius 1 is 1.29 bits per heavy atom. The first-order valence-electron chi connectivity index (χ1n) is 7.23. The minimum Gasteiger partial charge on any atom is -0.368 e. The van der Waals surface area contributed by atoms with Crippen LogP contribution in [0.3, 0.4) is 0 Å². The van der Waals surface area contributed by atoms with Crippen LogP contribution in [0.25, 0.3) is 0 Å². The van der Waals surface area contributed by atoms with Gasteiger partial charge in [0.1, 0.15) is 0 Å². The predicted molar refractivity (Wildman–Crippen MR) is 82.5 cm³/mol. The van der Waals surface area contributed by atoms with E-state index in [-0.39, 0.29) is 17.4 Å². The molecule has 6 heteroatoms. The molecule has 1 aromatic carbocycles. The quantitative estimate of drug-likeness (QED) is 0.800. The molecule has 1 saturated heterocycles. The lowest BCUT2D eigenvalue weighted by Gasteiger charge is -2.28. The summed E-state index contributed by atoms with van der Waals surface area (Å²) < 4.78 is 24.4. The highest BCUT2D eigenvalue weighted by molar-refractivity contribution is 7.91. The molecule has 116 valence electrons. The number of carbonyl (C=O) groups excluding carboxylic acids is 1. The molecule has 1 fully saturated rings. The van der Waals surface area contributed by atoms with Gasteiger partial charge in [0.05, 0.1) is 17.5 Å². The maximum absolute atomic E-state index is 12.2. The number of piperidine rings is 1. The van der Waals surface area contributed by atoms with Crippen LogP contribution in [0.1, 0.15) is 18.4 Å². The lowest BCUT2D eigenvalue weighted by atomic mass is 9.94. The Morgan fingerprint density at radius 3 is 2.67 bits per heavy atom. The van der Waals surface area contributed by atoms with Crippen molar-refractivity contribution in [2.24, 2.45) is 11.7 Å². The second kappa shape index (κ2) is 7.04. The van der Waals surface area contributed by atoms with Crippen molar-refractivity contribution in [3.05, 3.63) is 35.9 Å². The monoisotopic (exact) mass is 310 g/mol. The number of rotatable bonds is 6. The molecule has 2 unspecified atom stereocenters. The zero-order valence-corrected chi connectivity index (χ0v) is 12.8. The molecular weight excluding hydrogens is 288 g/mol. The number of carbonyl (C=O) groups is 1. The number of primary amides is 1. The second-order valence-corrected chi connectivity index (χ2v) is 7.88. The van der Waals surface area contributed by atoms with E-state index in [0.29, 0.717) is 19.4 Å². The fourth-order valence-corrected chi connectivity index (χ4v) is 4.46. The third kappa shape index (κ3) is 5.13. The van der Waals surface area contributed by atoms with Crippen molar-refractivity contribution in [2.45, 2.75) is 25.3 Å². The molecule has 5 nitrogen and oxygen atoms in total. The topological polar surface area (TPSA) is 89.3 Å². The van der Waals surface area contributed by atoms with E-state index >= 15 is 0 Å². The molecule has 0 spiro atoms. The first kappa shape index (κ1) is 16.0. The number of nitrogens with two attached hydrogens (primary N) is 1. The van der Waals surface area contributed by atoms with E-state index in [0.717, 1.165) is 12.0 Å². The molecule has 0 aliphatic carbocycles. The van der Waals surface area contributed by atoms with Crippen molar-refractivity contribution >= 4 is 15.7 Å². The molecule has 1 aliphatic rings. The third-order valence-corrected chi connectivity index (χ3v) is 5.70. The molecule has 1 amide bonds. The van der Waals surface area contributed by atoms with Crippen LogP contribution in [-0.2, 0) is 21.1 Å². The number of aryl methyl sites for hydroxylation is 1. The lowest BCUT2D eigenvalue weighted by molar-refractivity contribution is -0.120. The van der Waals surface area contributed by atoms with Crippen LogP contribution < -0.4 is 11.1 Å². The van der Waals surface area contributed by atoms with E-state index in [1.807, 2.05) is 30.3 Å². The van der Waals surface area contributed by atoms with Crippen molar-refractivity contribution in [3.8, 4) is 0 Å². The van der Waals surface area contributed by atoms with Gasteiger partial charge >= 0.3 is 0 Å². The van der Waals surface area contributed by atoms with Gasteiger partial charge in [0.15, 0.2) is 9.84 Å². The van der Waals surface area contributed by atoms with Crippen LogP contribution in [0.15, 0.2) is 30.3 Å². The Balaban J connectivity index is 1.87. The largest absolute Gasteiger partial charge is 0.368 e. The van der Waals surface area contributed by atoms with E-state index in [9.17, 15) is 13.2 Å². The summed E-state index contributed by atoms with van der Waals surface area (Å²) >= 11 is 0. The van der Waals surface area contributed by atoms with Gasteiger partial charge in [-0.2, -0.15) is 0 Å². The Hall–Kier alpha value is -1.40. The van der Waals surface area contributed by atoms with E-state index in [2.05, 4.69) is 5.32 Å². The van der Waals surface area contributed by atoms with Crippen molar-refractivity contribution in [3.63, 3.8) is 0 Å². The average Bonchev–Trinajstić information content (AvgIpc) is 2.46. The number of hydrogen-bond donors (Lipinski definition) is 2. The molecule has 0 aromatic heterocycles. The summed E-state index contributed by atoms with van der Waals surface area (Å²) in [6.07, 6.45) is 1.82. The Kier molecular flexibility index (Phi) is 5.36. The average molecular weight is 310 g/mol. The van der Waals surface area contributed by atoms with Crippen LogP contribution in [0, 0.1) is 5.92 Å². The highest BCUT2D eigenvalue weighted by atomic mass is 32.2. The fourth-order valence-electron chi connectivity index (χ4n) is 2.72. The Bertz CT molecular complexity index is 572. The standard InChI is InChI=1S/C15H22N2O3S/c16-15(18)14-10-13(6-8-17-14)11-21(19,20)9-7-12-4-2-1-3-5-12/h1-5,13-14,17H,6-11H2,(H2,16,18). The van der Waals surface area contributed by atoms with Crippen LogP contribution in [0.2, 0.25) is 0 Å². The van der Waals surface area contributed by atoms with Gasteiger partial charge in [0.25, 0.3) is 0 Å².